The molecule has 2 unspecified atom stereocenters. The van der Waals surface area contributed by atoms with Crippen LogP contribution in [0.3, 0.4) is 0 Å². The van der Waals surface area contributed by atoms with Gasteiger partial charge in [0, 0.05) is 90.7 Å². The maximum absolute atomic E-state index is 13.6. The third kappa shape index (κ3) is 12.0. The summed E-state index contributed by atoms with van der Waals surface area (Å²) in [4.78, 5) is 89.4. The van der Waals surface area contributed by atoms with Gasteiger partial charge in [0.2, 0.25) is 5.91 Å². The largest absolute Gasteiger partial charge is 0.508 e. The number of guanidine groups is 2. The van der Waals surface area contributed by atoms with Gasteiger partial charge in [0.15, 0.2) is 41.2 Å². The number of hydrogen-bond donors (Lipinski definition) is 3. The second-order valence-corrected chi connectivity index (χ2v) is 17.7. The number of nitrogens with two attached hydrogens (primary N) is 2. The van der Waals surface area contributed by atoms with Crippen molar-refractivity contribution in [1.29, 1.82) is 0 Å². The highest BCUT2D eigenvalue weighted by atomic mass is 35.5. The number of aliphatic imine (C=N–C) groups is 2. The molecule has 0 saturated carbocycles. The van der Waals surface area contributed by atoms with E-state index in [1.807, 2.05) is 0 Å². The third-order valence-corrected chi connectivity index (χ3v) is 12.8. The Bertz CT molecular complexity index is 2740. The lowest BCUT2D eigenvalue weighted by atomic mass is 9.84. The molecule has 5 N–H and O–H groups in total. The lowest BCUT2D eigenvalue weighted by molar-refractivity contribution is -0.137. The van der Waals surface area contributed by atoms with Gasteiger partial charge >= 0.3 is 0 Å². The first-order valence-electron chi connectivity index (χ1n) is 23.5. The van der Waals surface area contributed by atoms with Crippen LogP contribution in [-0.4, -0.2) is 173 Å². The summed E-state index contributed by atoms with van der Waals surface area (Å²) in [6.45, 7) is 6.84. The summed E-state index contributed by atoms with van der Waals surface area (Å²) in [7, 11) is 3.04. The highest BCUT2D eigenvalue weighted by Crippen LogP contribution is 2.43. The third-order valence-electron chi connectivity index (χ3n) is 12.6. The Morgan fingerprint density at radius 2 is 1.12 bits per heavy atom. The molecule has 4 aliphatic rings. The number of amides is 4. The molecule has 0 aliphatic carbocycles. The number of carbonyl (C=O) groups is 6. The number of ether oxygens (including phenoxy) is 3. The van der Waals surface area contributed by atoms with Gasteiger partial charge in [-0.25, -0.2) is 9.98 Å². The Labute approximate surface area is 426 Å². The Morgan fingerprint density at radius 1 is 0.685 bits per heavy atom. The van der Waals surface area contributed by atoms with Gasteiger partial charge in [-0.3, -0.25) is 47.3 Å². The van der Waals surface area contributed by atoms with Crippen LogP contribution in [0.1, 0.15) is 69.9 Å². The molecule has 20 nitrogen and oxygen atoms in total. The van der Waals surface area contributed by atoms with Crippen LogP contribution >= 0.6 is 11.6 Å². The van der Waals surface area contributed by atoms with Crippen LogP contribution in [0, 0.1) is 0 Å². The molecule has 0 radical (unpaired) electrons. The number of hydrogen-bond acceptors (Lipinski definition) is 14. The second-order valence-electron chi connectivity index (χ2n) is 17.4. The number of aryl methyl sites for hydroxylation is 2. The number of nitrogens with zero attached hydrogens (tertiary/aromatic N) is 8. The van der Waals surface area contributed by atoms with E-state index in [9.17, 15) is 42.7 Å². The topological polar surface area (TPSA) is 250 Å². The lowest BCUT2D eigenvalue weighted by Gasteiger charge is -2.27. The van der Waals surface area contributed by atoms with Crippen molar-refractivity contribution in [2.75, 3.05) is 92.5 Å². The fraction of sp³-hybridized carbons (Fsp3) is 0.440. The number of phenols is 1. The monoisotopic (exact) mass is 1030 g/mol. The van der Waals surface area contributed by atoms with Crippen LogP contribution < -0.4 is 16.2 Å². The van der Waals surface area contributed by atoms with Crippen molar-refractivity contribution in [1.82, 2.24) is 28.7 Å². The predicted octanol–water partition coefficient (Wildman–Crippen LogP) is 3.19. The average Bonchev–Trinajstić information content (AvgIpc) is 4.15. The number of likely N-dealkylation sites (N-methyl/N-ethyl adjacent to an activating group) is 2. The summed E-state index contributed by atoms with van der Waals surface area (Å²) in [5, 5.41) is 9.91. The maximum atomic E-state index is 13.6. The first kappa shape index (κ1) is 55.1. The van der Waals surface area contributed by atoms with Gasteiger partial charge in [0.1, 0.15) is 17.4 Å². The van der Waals surface area contributed by atoms with E-state index in [1.165, 1.54) is 49.9 Å². The molecule has 4 aromatic rings. The normalized spacial score (nSPS) is 19.7. The van der Waals surface area contributed by atoms with Gasteiger partial charge in [0.05, 0.1) is 51.2 Å². The van der Waals surface area contributed by atoms with Gasteiger partial charge in [-0.15, -0.1) is 11.6 Å². The number of alkyl halides is 3. The SMILES string of the molecule is CC(=O)c1cc(C2(c3cccc(O)c3)N=C(N)N(C)C2=O)cn1CCCF.CC(=O)c1cc(C2(c3cccc(OCC(=O)N4CCOCC4)c3)N=C(N)N(C)C2=O)cn1CCCF.O=C(CCl)N1CCOCC1. The van der Waals surface area contributed by atoms with E-state index >= 15 is 0 Å². The highest BCUT2D eigenvalue weighted by Gasteiger charge is 2.52. The smallest absolute Gasteiger partial charge is 0.266 e. The molecule has 8 rings (SSSR count). The molecule has 73 heavy (non-hydrogen) atoms. The van der Waals surface area contributed by atoms with Crippen molar-refractivity contribution in [2.24, 2.45) is 21.5 Å². The van der Waals surface area contributed by atoms with Crippen LogP contribution in [0.4, 0.5) is 8.78 Å². The number of ketones is 2. The minimum atomic E-state index is -1.56. The van der Waals surface area contributed by atoms with Gasteiger partial charge in [-0.05, 0) is 60.4 Å². The first-order chi connectivity index (χ1) is 34.9. The average molecular weight is 1040 g/mol. The minimum absolute atomic E-state index is 0.00460. The summed E-state index contributed by atoms with van der Waals surface area (Å²) in [6.07, 6.45) is 3.74. The van der Waals surface area contributed by atoms with Crippen molar-refractivity contribution in [2.45, 2.75) is 50.9 Å². The van der Waals surface area contributed by atoms with Crippen molar-refractivity contribution >= 4 is 58.7 Å². The Morgan fingerprint density at radius 3 is 1.52 bits per heavy atom. The molecule has 0 bridgehead atoms. The van der Waals surface area contributed by atoms with Crippen LogP contribution in [0.25, 0.3) is 0 Å². The molecular formula is C50H61ClF2N10O10. The van der Waals surface area contributed by atoms with E-state index in [0.29, 0.717) is 98.5 Å². The molecule has 4 aliphatic heterocycles. The van der Waals surface area contributed by atoms with Gasteiger partial charge in [-0.1, -0.05) is 24.3 Å². The fourth-order valence-electron chi connectivity index (χ4n) is 8.70. The molecule has 2 fully saturated rings. The number of carbonyl (C=O) groups excluding carboxylic acids is 6. The van der Waals surface area contributed by atoms with Crippen molar-refractivity contribution in [3.8, 4) is 11.5 Å². The lowest BCUT2D eigenvalue weighted by Crippen LogP contribution is -2.43. The van der Waals surface area contributed by atoms with Crippen molar-refractivity contribution < 1.29 is 56.9 Å². The van der Waals surface area contributed by atoms with E-state index in [4.69, 9.17) is 37.3 Å². The Kier molecular flexibility index (Phi) is 18.5. The number of Topliss-reactive ketones (excluding diaryl/α,β-unsaturated/α-hetero) is 2. The Balaban J connectivity index is 0.000000205. The highest BCUT2D eigenvalue weighted by molar-refractivity contribution is 6.27. The maximum Gasteiger partial charge on any atom is 0.266 e. The number of morpholine rings is 2. The second kappa shape index (κ2) is 24.5. The van der Waals surface area contributed by atoms with Gasteiger partial charge in [0.25, 0.3) is 17.7 Å². The predicted molar refractivity (Wildman–Crippen MR) is 266 cm³/mol. The number of phenolic OH excluding ortho intramolecular Hbond substituents is 1. The standard InChI is InChI=1S/C25H30FN5O5.C19H21FN4O3.C6H10ClNO2/c1-17(32)21-14-19(15-31(21)8-4-7-26)25(23(34)29(2)24(27)28-25)18-5-3-6-20(13-18)36-16-22(33)30-9-11-35-12-10-30;1-12(25)16-10-14(11-24(16)8-4-7-20)19(13-5-3-6-15(26)9-13)17(27)23(2)18(21)22-19;7-5-6(9)8-1-3-10-4-2-8/h3,5-6,13-15H,4,7-12,16H2,1-2H3,(H2,27,28);3,5-6,9-11,26H,4,7-8H2,1-2H3,(H2,21,22);1-5H2. The molecular weight excluding hydrogens is 974 g/mol. The van der Waals surface area contributed by atoms with Gasteiger partial charge < -0.3 is 49.7 Å². The van der Waals surface area contributed by atoms with E-state index in [0.717, 1.165) is 0 Å². The van der Waals surface area contributed by atoms with Crippen molar-refractivity contribution in [3.05, 3.63) is 107 Å². The summed E-state index contributed by atoms with van der Waals surface area (Å²) in [5.41, 5.74) is 11.4. The summed E-state index contributed by atoms with van der Waals surface area (Å²) in [5.74, 6) is -0.883. The molecule has 6 heterocycles. The van der Waals surface area contributed by atoms with Crippen LogP contribution in [-0.2, 0) is 52.8 Å². The minimum Gasteiger partial charge on any atom is -0.508 e. The molecule has 4 amide bonds. The number of aromatic hydroxyl groups is 1. The fourth-order valence-corrected chi connectivity index (χ4v) is 8.87. The van der Waals surface area contributed by atoms with Crippen LogP contribution in [0.2, 0.25) is 0 Å². The zero-order valence-electron chi connectivity index (χ0n) is 41.2. The molecule has 2 aromatic carbocycles. The van der Waals surface area contributed by atoms with Crippen LogP contribution in [0.5, 0.6) is 11.5 Å². The zero-order valence-corrected chi connectivity index (χ0v) is 42.0. The zero-order chi connectivity index (χ0) is 53.0. The number of halogens is 3. The number of benzene rings is 2. The quantitative estimate of drug-likeness (QED) is 0.108. The number of rotatable bonds is 16. The van der Waals surface area contributed by atoms with E-state index in [1.54, 1.807) is 79.9 Å². The van der Waals surface area contributed by atoms with Gasteiger partial charge in [-0.2, -0.15) is 0 Å². The molecule has 0 spiro atoms. The van der Waals surface area contributed by atoms with E-state index < -0.39 is 36.2 Å². The first-order valence-corrected chi connectivity index (χ1v) is 24.1. The molecule has 2 saturated heterocycles. The molecule has 23 heteroatoms. The van der Waals surface area contributed by atoms with Crippen molar-refractivity contribution in [3.63, 3.8) is 0 Å². The molecule has 2 aromatic heterocycles. The summed E-state index contributed by atoms with van der Waals surface area (Å²) < 4.78 is 44.9. The summed E-state index contributed by atoms with van der Waals surface area (Å²) in [6, 6.07) is 16.1. The van der Waals surface area contributed by atoms with E-state index in [2.05, 4.69) is 9.98 Å². The molecule has 2 atom stereocenters. The number of aromatic nitrogens is 2. The summed E-state index contributed by atoms with van der Waals surface area (Å²) >= 11 is 5.35. The molecule has 392 valence electrons. The van der Waals surface area contributed by atoms with Crippen LogP contribution in [0.15, 0.2) is 83.0 Å². The Hall–Kier alpha value is -7.17. The van der Waals surface area contributed by atoms with E-state index in [-0.39, 0.29) is 72.9 Å².